The van der Waals surface area contributed by atoms with Gasteiger partial charge >= 0.3 is 6.18 Å². The van der Waals surface area contributed by atoms with E-state index in [9.17, 15) is 21.6 Å². The van der Waals surface area contributed by atoms with Crippen molar-refractivity contribution in [3.63, 3.8) is 0 Å². The number of hydrogen-bond donors (Lipinski definition) is 1. The summed E-state index contributed by atoms with van der Waals surface area (Å²) in [7, 11) is -4.30. The summed E-state index contributed by atoms with van der Waals surface area (Å²) in [5.74, 6) is 0.343. The highest BCUT2D eigenvalue weighted by Crippen LogP contribution is 2.30. The first-order valence-electron chi connectivity index (χ1n) is 5.90. The van der Waals surface area contributed by atoms with Gasteiger partial charge in [0, 0.05) is 18.7 Å². The highest BCUT2D eigenvalue weighted by molar-refractivity contribution is 7.89. The van der Waals surface area contributed by atoms with E-state index in [1.165, 1.54) is 20.8 Å². The molecule has 1 heterocycles. The van der Waals surface area contributed by atoms with Gasteiger partial charge in [0.2, 0.25) is 10.0 Å². The van der Waals surface area contributed by atoms with Crippen molar-refractivity contribution in [2.75, 3.05) is 13.1 Å². The van der Waals surface area contributed by atoms with Crippen molar-refractivity contribution in [1.29, 1.82) is 0 Å². The van der Waals surface area contributed by atoms with Crippen molar-refractivity contribution >= 4 is 10.0 Å². The van der Waals surface area contributed by atoms with Crippen LogP contribution < -0.4 is 5.73 Å². The number of sulfonamides is 1. The highest BCUT2D eigenvalue weighted by Gasteiger charge is 2.38. The number of nitrogens with zero attached hydrogens (tertiary/aromatic N) is 1. The molecular weight excluding hydrogens is 297 g/mol. The molecular formula is C11H17F3N2O3S. The van der Waals surface area contributed by atoms with E-state index in [1.54, 1.807) is 0 Å². The van der Waals surface area contributed by atoms with Gasteiger partial charge in [0.1, 0.15) is 23.0 Å². The average molecular weight is 314 g/mol. The Morgan fingerprint density at radius 3 is 2.20 bits per heavy atom. The van der Waals surface area contributed by atoms with Crippen LogP contribution in [0.15, 0.2) is 9.31 Å². The van der Waals surface area contributed by atoms with Gasteiger partial charge in [-0.1, -0.05) is 6.92 Å². The third-order valence-corrected chi connectivity index (χ3v) is 4.95. The van der Waals surface area contributed by atoms with Crippen LogP contribution in [0.2, 0.25) is 0 Å². The molecule has 116 valence electrons. The molecule has 0 saturated carbocycles. The van der Waals surface area contributed by atoms with Crippen molar-refractivity contribution in [2.24, 2.45) is 5.73 Å². The molecule has 1 aromatic heterocycles. The Labute approximate surface area is 115 Å². The molecule has 0 atom stereocenters. The van der Waals surface area contributed by atoms with Crippen LogP contribution >= 0.6 is 0 Å². The minimum Gasteiger partial charge on any atom is -0.465 e. The summed E-state index contributed by atoms with van der Waals surface area (Å²) in [6.07, 6.45) is -4.61. The van der Waals surface area contributed by atoms with Crippen molar-refractivity contribution in [1.82, 2.24) is 4.31 Å². The first-order chi connectivity index (χ1) is 9.04. The van der Waals surface area contributed by atoms with Crippen LogP contribution in [-0.2, 0) is 16.6 Å². The quantitative estimate of drug-likeness (QED) is 0.901. The number of rotatable bonds is 5. The molecule has 5 nitrogen and oxygen atoms in total. The van der Waals surface area contributed by atoms with Gasteiger partial charge in [-0.25, -0.2) is 8.42 Å². The Bertz CT molecular complexity index is 578. The summed E-state index contributed by atoms with van der Waals surface area (Å²) in [4.78, 5) is -0.261. The number of furan rings is 1. The molecule has 0 amide bonds. The van der Waals surface area contributed by atoms with E-state index in [-0.39, 0.29) is 29.3 Å². The lowest BCUT2D eigenvalue weighted by Gasteiger charge is -2.22. The fourth-order valence-electron chi connectivity index (χ4n) is 1.98. The van der Waals surface area contributed by atoms with Gasteiger partial charge in [0.05, 0.1) is 0 Å². The van der Waals surface area contributed by atoms with Crippen LogP contribution in [0.1, 0.15) is 24.0 Å². The Kier molecular flexibility index (Phi) is 4.88. The number of hydrogen-bond acceptors (Lipinski definition) is 4. The predicted molar refractivity (Wildman–Crippen MR) is 66.6 cm³/mol. The Morgan fingerprint density at radius 2 is 1.80 bits per heavy atom. The molecule has 0 aliphatic heterocycles. The predicted octanol–water partition coefficient (Wildman–Crippen LogP) is 1.93. The molecule has 0 unspecified atom stereocenters. The Balaban J connectivity index is 3.35. The van der Waals surface area contributed by atoms with E-state index in [0.717, 1.165) is 0 Å². The summed E-state index contributed by atoms with van der Waals surface area (Å²) >= 11 is 0. The van der Waals surface area contributed by atoms with Crippen LogP contribution in [0.4, 0.5) is 13.2 Å². The van der Waals surface area contributed by atoms with Crippen molar-refractivity contribution < 1.29 is 26.0 Å². The van der Waals surface area contributed by atoms with E-state index in [4.69, 9.17) is 10.2 Å². The maximum absolute atomic E-state index is 12.5. The molecule has 0 spiro atoms. The van der Waals surface area contributed by atoms with Crippen molar-refractivity contribution in [2.45, 2.75) is 38.4 Å². The molecule has 0 bridgehead atoms. The van der Waals surface area contributed by atoms with Gasteiger partial charge in [-0.15, -0.1) is 0 Å². The third-order valence-electron chi connectivity index (χ3n) is 2.84. The second-order valence-electron chi connectivity index (χ2n) is 4.27. The lowest BCUT2D eigenvalue weighted by Crippen LogP contribution is -2.39. The van der Waals surface area contributed by atoms with E-state index in [0.29, 0.717) is 10.1 Å². The molecule has 0 saturated heterocycles. The number of aryl methyl sites for hydroxylation is 2. The van der Waals surface area contributed by atoms with Gasteiger partial charge < -0.3 is 10.2 Å². The van der Waals surface area contributed by atoms with E-state index >= 15 is 0 Å². The molecule has 0 fully saturated rings. The van der Waals surface area contributed by atoms with Crippen LogP contribution in [0.25, 0.3) is 0 Å². The fourth-order valence-corrected chi connectivity index (χ4v) is 3.84. The standard InChI is InChI=1S/C11H17F3N2O3S/c1-4-16(6-11(12,13)14)20(17,18)10-8(3)19-7(2)9(10)5-15/h4-6,15H2,1-3H3. The highest BCUT2D eigenvalue weighted by atomic mass is 32.2. The fraction of sp³-hybridized carbons (Fsp3) is 0.636. The summed E-state index contributed by atoms with van der Waals surface area (Å²) < 4.78 is 67.7. The minimum absolute atomic E-state index is 0.0450. The maximum atomic E-state index is 12.5. The minimum atomic E-state index is -4.61. The summed E-state index contributed by atoms with van der Waals surface area (Å²) in [5, 5.41) is 0. The zero-order valence-electron chi connectivity index (χ0n) is 11.4. The average Bonchev–Trinajstić information content (AvgIpc) is 2.59. The monoisotopic (exact) mass is 314 g/mol. The topological polar surface area (TPSA) is 76.5 Å². The SMILES string of the molecule is CCN(CC(F)(F)F)S(=O)(=O)c1c(C)oc(C)c1CN. The van der Waals surface area contributed by atoms with Gasteiger partial charge in [-0.3, -0.25) is 0 Å². The zero-order chi connectivity index (χ0) is 15.7. The summed E-state index contributed by atoms with van der Waals surface area (Å²) in [6, 6.07) is 0. The largest absolute Gasteiger partial charge is 0.465 e. The lowest BCUT2D eigenvalue weighted by molar-refractivity contribution is -0.135. The van der Waals surface area contributed by atoms with E-state index < -0.39 is 22.7 Å². The second kappa shape index (κ2) is 5.74. The van der Waals surface area contributed by atoms with Gasteiger partial charge in [0.25, 0.3) is 0 Å². The van der Waals surface area contributed by atoms with Crippen LogP contribution in [-0.4, -0.2) is 32.0 Å². The number of halogens is 3. The first kappa shape index (κ1) is 17.0. The first-order valence-corrected chi connectivity index (χ1v) is 7.34. The molecule has 0 radical (unpaired) electrons. The third kappa shape index (κ3) is 3.33. The maximum Gasteiger partial charge on any atom is 0.402 e. The zero-order valence-corrected chi connectivity index (χ0v) is 12.2. The number of alkyl halides is 3. The molecule has 1 aromatic rings. The van der Waals surface area contributed by atoms with E-state index in [2.05, 4.69) is 0 Å². The van der Waals surface area contributed by atoms with Gasteiger partial charge in [-0.2, -0.15) is 17.5 Å². The molecule has 1 rings (SSSR count). The summed E-state index contributed by atoms with van der Waals surface area (Å²) in [5.41, 5.74) is 5.68. The normalized spacial score (nSPS) is 13.2. The van der Waals surface area contributed by atoms with Crippen LogP contribution in [0, 0.1) is 13.8 Å². The Hall–Kier alpha value is -1.06. The molecule has 0 aromatic carbocycles. The van der Waals surface area contributed by atoms with Crippen LogP contribution in [0.3, 0.4) is 0 Å². The van der Waals surface area contributed by atoms with Crippen LogP contribution in [0.5, 0.6) is 0 Å². The van der Waals surface area contributed by atoms with Gasteiger partial charge in [0.15, 0.2) is 0 Å². The Morgan fingerprint density at radius 1 is 1.25 bits per heavy atom. The second-order valence-corrected chi connectivity index (χ2v) is 6.15. The summed E-state index contributed by atoms with van der Waals surface area (Å²) in [6.45, 7) is 2.29. The lowest BCUT2D eigenvalue weighted by atomic mass is 10.2. The molecule has 9 heteroatoms. The van der Waals surface area contributed by atoms with Gasteiger partial charge in [-0.05, 0) is 13.8 Å². The smallest absolute Gasteiger partial charge is 0.402 e. The molecule has 0 aliphatic carbocycles. The number of nitrogens with two attached hydrogens (primary N) is 1. The molecule has 2 N–H and O–H groups in total. The molecule has 20 heavy (non-hydrogen) atoms. The molecule has 0 aliphatic rings. The van der Waals surface area contributed by atoms with Crippen molar-refractivity contribution in [3.8, 4) is 0 Å². The van der Waals surface area contributed by atoms with Crippen molar-refractivity contribution in [3.05, 3.63) is 17.1 Å². The van der Waals surface area contributed by atoms with E-state index in [1.807, 2.05) is 0 Å².